The Balaban J connectivity index is 0.00000324. The number of hydrogen-bond acceptors (Lipinski definition) is 3. The minimum Gasteiger partial charge on any atom is -0.490 e. The number of nitrogens with zero attached hydrogens (tertiary/aromatic N) is 1. The number of amides is 1. The lowest BCUT2D eigenvalue weighted by Crippen LogP contribution is -2.39. The third-order valence-electron chi connectivity index (χ3n) is 2.79. The van der Waals surface area contributed by atoms with Gasteiger partial charge in [-0.15, -0.1) is 12.4 Å². The number of carbonyl (C=O) groups excluding carboxylic acids is 1. The molecule has 4 nitrogen and oxygen atoms in total. The van der Waals surface area contributed by atoms with Crippen molar-refractivity contribution in [2.24, 2.45) is 5.73 Å². The Kier molecular flexibility index (Phi) is 7.87. The van der Waals surface area contributed by atoms with Gasteiger partial charge < -0.3 is 15.4 Å². The van der Waals surface area contributed by atoms with Gasteiger partial charge >= 0.3 is 0 Å². The van der Waals surface area contributed by atoms with E-state index < -0.39 is 0 Å². The first-order valence-corrected chi connectivity index (χ1v) is 5.91. The zero-order valence-corrected chi connectivity index (χ0v) is 12.2. The molecule has 0 fully saturated rings. The number of halogens is 1. The summed E-state index contributed by atoms with van der Waals surface area (Å²) in [5.41, 5.74) is 6.17. The average molecular weight is 285 g/mol. The lowest BCUT2D eigenvalue weighted by Gasteiger charge is -2.23. The van der Waals surface area contributed by atoms with Gasteiger partial charge in [-0.3, -0.25) is 4.79 Å². The van der Waals surface area contributed by atoms with Crippen LogP contribution in [0.5, 0.6) is 5.75 Å². The van der Waals surface area contributed by atoms with Crippen LogP contribution in [0.25, 0.3) is 0 Å². The van der Waals surface area contributed by atoms with Crippen LogP contribution in [-0.4, -0.2) is 37.0 Å². The van der Waals surface area contributed by atoms with Gasteiger partial charge in [0.1, 0.15) is 12.4 Å². The molecule has 0 aliphatic heterocycles. The first-order chi connectivity index (χ1) is 8.60. The third-order valence-corrected chi connectivity index (χ3v) is 2.79. The molecule has 1 unspecified atom stereocenters. The minimum absolute atomic E-state index is 0. The van der Waals surface area contributed by atoms with Gasteiger partial charge in [-0.1, -0.05) is 12.7 Å². The highest BCUT2D eigenvalue weighted by Crippen LogP contribution is 2.14. The molecule has 1 aromatic carbocycles. The van der Waals surface area contributed by atoms with E-state index in [4.69, 9.17) is 10.5 Å². The van der Waals surface area contributed by atoms with Crippen LogP contribution in [0.4, 0.5) is 0 Å². The maximum Gasteiger partial charge on any atom is 0.253 e. The van der Waals surface area contributed by atoms with E-state index in [1.165, 1.54) is 0 Å². The van der Waals surface area contributed by atoms with Crippen molar-refractivity contribution < 1.29 is 9.53 Å². The van der Waals surface area contributed by atoms with Crippen LogP contribution >= 0.6 is 12.4 Å². The molecule has 1 aromatic rings. The number of likely N-dealkylation sites (N-methyl/N-ethyl adjacent to an activating group) is 1. The van der Waals surface area contributed by atoms with E-state index in [0.717, 1.165) is 5.75 Å². The van der Waals surface area contributed by atoms with E-state index in [0.29, 0.717) is 18.7 Å². The largest absolute Gasteiger partial charge is 0.490 e. The van der Waals surface area contributed by atoms with Gasteiger partial charge in [0.15, 0.2) is 0 Å². The molecule has 0 aliphatic carbocycles. The topological polar surface area (TPSA) is 55.6 Å². The maximum atomic E-state index is 12.1. The predicted octanol–water partition coefficient (Wildman–Crippen LogP) is 2.09. The summed E-state index contributed by atoms with van der Waals surface area (Å²) in [5.74, 6) is 0.684. The summed E-state index contributed by atoms with van der Waals surface area (Å²) in [4.78, 5) is 13.7. The fraction of sp³-hybridized carbons (Fsp3) is 0.357. The number of hydrogen-bond donors (Lipinski definition) is 1. The predicted molar refractivity (Wildman–Crippen MR) is 80.0 cm³/mol. The minimum atomic E-state index is -0.0387. The van der Waals surface area contributed by atoms with Crippen LogP contribution < -0.4 is 10.5 Å². The molecule has 0 saturated heterocycles. The molecule has 0 radical (unpaired) electrons. The van der Waals surface area contributed by atoms with Crippen molar-refractivity contribution in [2.75, 3.05) is 20.2 Å². The molecule has 1 rings (SSSR count). The van der Waals surface area contributed by atoms with Gasteiger partial charge in [0, 0.05) is 25.2 Å². The molecule has 106 valence electrons. The van der Waals surface area contributed by atoms with Gasteiger partial charge in [-0.05, 0) is 31.2 Å². The normalized spacial score (nSPS) is 11.1. The van der Waals surface area contributed by atoms with Crippen LogP contribution in [0.15, 0.2) is 36.9 Å². The van der Waals surface area contributed by atoms with Crippen LogP contribution in [0.2, 0.25) is 0 Å². The van der Waals surface area contributed by atoms with E-state index in [2.05, 4.69) is 6.58 Å². The molecule has 0 saturated carbocycles. The van der Waals surface area contributed by atoms with Crippen molar-refractivity contribution in [1.29, 1.82) is 0 Å². The van der Waals surface area contributed by atoms with Crippen LogP contribution in [0, 0.1) is 0 Å². The summed E-state index contributed by atoms with van der Waals surface area (Å²) in [7, 11) is 1.75. The Bertz CT molecular complexity index is 406. The van der Waals surface area contributed by atoms with Gasteiger partial charge in [-0.25, -0.2) is 0 Å². The third kappa shape index (κ3) is 4.93. The van der Waals surface area contributed by atoms with Crippen molar-refractivity contribution in [1.82, 2.24) is 4.90 Å². The van der Waals surface area contributed by atoms with Gasteiger partial charge in [0.2, 0.25) is 0 Å². The molecule has 19 heavy (non-hydrogen) atoms. The molecule has 0 aliphatic rings. The first kappa shape index (κ1) is 17.5. The standard InChI is InChI=1S/C14H20N2O2.ClH/c1-4-9-18-13-7-5-12(6-8-13)14(17)16(3)11(2)10-15;/h4-8,11H,1,9-10,15H2,2-3H3;1H. The fourth-order valence-corrected chi connectivity index (χ4v) is 1.41. The summed E-state index contributed by atoms with van der Waals surface area (Å²) in [6.07, 6.45) is 1.68. The highest BCUT2D eigenvalue weighted by Gasteiger charge is 2.16. The van der Waals surface area contributed by atoms with E-state index >= 15 is 0 Å². The number of rotatable bonds is 6. The Labute approximate surface area is 120 Å². The Morgan fingerprint density at radius 1 is 1.47 bits per heavy atom. The molecule has 0 bridgehead atoms. The number of carbonyl (C=O) groups is 1. The Morgan fingerprint density at radius 3 is 2.53 bits per heavy atom. The van der Waals surface area contributed by atoms with Crippen molar-refractivity contribution in [3.8, 4) is 5.75 Å². The SMILES string of the molecule is C=CCOc1ccc(C(=O)N(C)C(C)CN)cc1.Cl. The summed E-state index contributed by atoms with van der Waals surface area (Å²) < 4.78 is 5.36. The second-order valence-electron chi connectivity index (χ2n) is 4.12. The smallest absolute Gasteiger partial charge is 0.253 e. The van der Waals surface area contributed by atoms with E-state index in [-0.39, 0.29) is 24.4 Å². The number of nitrogens with two attached hydrogens (primary N) is 1. The Hall–Kier alpha value is -1.52. The fourth-order valence-electron chi connectivity index (χ4n) is 1.41. The molecule has 0 spiro atoms. The highest BCUT2D eigenvalue weighted by molar-refractivity contribution is 5.94. The maximum absolute atomic E-state index is 12.1. The van der Waals surface area contributed by atoms with Crippen LogP contribution in [0.1, 0.15) is 17.3 Å². The quantitative estimate of drug-likeness (QED) is 0.814. The molecular weight excluding hydrogens is 264 g/mol. The van der Waals surface area contributed by atoms with Crippen LogP contribution in [-0.2, 0) is 0 Å². The zero-order valence-electron chi connectivity index (χ0n) is 11.3. The summed E-state index contributed by atoms with van der Waals surface area (Å²) in [6.45, 7) is 6.39. The monoisotopic (exact) mass is 284 g/mol. The average Bonchev–Trinajstić information content (AvgIpc) is 2.43. The zero-order chi connectivity index (χ0) is 13.5. The van der Waals surface area contributed by atoms with Crippen molar-refractivity contribution in [3.05, 3.63) is 42.5 Å². The highest BCUT2D eigenvalue weighted by atomic mass is 35.5. The van der Waals surface area contributed by atoms with Gasteiger partial charge in [0.05, 0.1) is 0 Å². The van der Waals surface area contributed by atoms with Crippen molar-refractivity contribution in [2.45, 2.75) is 13.0 Å². The first-order valence-electron chi connectivity index (χ1n) is 5.91. The van der Waals surface area contributed by atoms with Crippen molar-refractivity contribution in [3.63, 3.8) is 0 Å². The summed E-state index contributed by atoms with van der Waals surface area (Å²) in [5, 5.41) is 0. The molecule has 1 amide bonds. The number of ether oxygens (including phenoxy) is 1. The lowest BCUT2D eigenvalue weighted by atomic mass is 10.1. The van der Waals surface area contributed by atoms with Crippen LogP contribution in [0.3, 0.4) is 0 Å². The molecule has 0 heterocycles. The molecule has 1 atom stereocenters. The Morgan fingerprint density at radius 2 is 2.05 bits per heavy atom. The van der Waals surface area contributed by atoms with E-state index in [1.807, 2.05) is 6.92 Å². The number of benzene rings is 1. The second-order valence-corrected chi connectivity index (χ2v) is 4.12. The van der Waals surface area contributed by atoms with Gasteiger partial charge in [0.25, 0.3) is 5.91 Å². The molecule has 0 aromatic heterocycles. The van der Waals surface area contributed by atoms with Gasteiger partial charge in [-0.2, -0.15) is 0 Å². The summed E-state index contributed by atoms with van der Waals surface area (Å²) in [6, 6.07) is 7.07. The molecule has 5 heteroatoms. The van der Waals surface area contributed by atoms with Crippen molar-refractivity contribution >= 4 is 18.3 Å². The van der Waals surface area contributed by atoms with E-state index in [9.17, 15) is 4.79 Å². The van der Waals surface area contributed by atoms with E-state index in [1.54, 1.807) is 42.3 Å². The molecule has 2 N–H and O–H groups in total. The summed E-state index contributed by atoms with van der Waals surface area (Å²) >= 11 is 0. The molecular formula is C14H21ClN2O2. The second kappa shape index (κ2) is 8.56. The lowest BCUT2D eigenvalue weighted by molar-refractivity contribution is 0.0748.